The number of rotatable bonds is 16. The number of imide groups is 2. The lowest BCUT2D eigenvalue weighted by molar-refractivity contribution is -0.203. The molecule has 0 aromatic heterocycles. The van der Waals surface area contributed by atoms with E-state index in [0.29, 0.717) is 31.0 Å². The van der Waals surface area contributed by atoms with Gasteiger partial charge in [-0.25, -0.2) is 13.6 Å². The first-order chi connectivity index (χ1) is 33.9. The summed E-state index contributed by atoms with van der Waals surface area (Å²) in [5.41, 5.74) is 7.15. The monoisotopic (exact) mass is 1070 g/mol. The van der Waals surface area contributed by atoms with Crippen LogP contribution in [-0.2, 0) is 52.8 Å². The fourth-order valence-corrected chi connectivity index (χ4v) is 6.64. The molecule has 3 rings (SSSR count). The number of carbonyl (C=O) groups excluding carboxylic acids is 10. The standard InChI is InChI=1S/2C13H25NO2.C12H12F4O2.C9H13NO4.C8H11NO2/c2*1-10(15)9-11(7-5-6-8-14)12(16)13(2,3)4;1-5-6(13)8(15)10(9(16)7(5)14)18-11(17)12(2,3)4;1-9(2,3)8(13)14-10-6(11)4-5-7(10)12;1-8(2,3)9-6(10)4-5-7(9)11/h2*11H,5-9,14H2,1-4H3;1-4H3;4-5H2,1-3H3;4-5H,1-3H3/t2*11-;;;/m10.../s1. The van der Waals surface area contributed by atoms with Crippen LogP contribution in [0.15, 0.2) is 12.2 Å². The lowest BCUT2D eigenvalue weighted by Crippen LogP contribution is -2.45. The lowest BCUT2D eigenvalue weighted by atomic mass is 9.79. The molecule has 2 heterocycles. The van der Waals surface area contributed by atoms with Crippen LogP contribution in [0.1, 0.15) is 187 Å². The molecule has 0 saturated carbocycles. The minimum absolute atomic E-state index is 0.0929. The van der Waals surface area contributed by atoms with E-state index >= 15 is 0 Å². The fraction of sp³-hybridized carbons (Fsp3) is 0.673. The summed E-state index contributed by atoms with van der Waals surface area (Å²) < 4.78 is 57.6. The first kappa shape index (κ1) is 71.6. The summed E-state index contributed by atoms with van der Waals surface area (Å²) >= 11 is 0. The zero-order valence-corrected chi connectivity index (χ0v) is 47.8. The molecule has 75 heavy (non-hydrogen) atoms. The smallest absolute Gasteiger partial charge is 0.338 e. The second-order valence-corrected chi connectivity index (χ2v) is 23.6. The van der Waals surface area contributed by atoms with Gasteiger partial charge in [-0.3, -0.25) is 38.5 Å². The Morgan fingerprint density at radius 2 is 0.880 bits per heavy atom. The molecule has 2 aliphatic rings. The third-order valence-corrected chi connectivity index (χ3v) is 10.8. The van der Waals surface area contributed by atoms with Crippen molar-refractivity contribution in [3.05, 3.63) is 41.0 Å². The second-order valence-electron chi connectivity index (χ2n) is 23.6. The van der Waals surface area contributed by atoms with Gasteiger partial charge in [0.15, 0.2) is 11.6 Å². The molecular weight excluding hydrogens is 985 g/mol. The van der Waals surface area contributed by atoms with Crippen LogP contribution in [0.4, 0.5) is 17.6 Å². The van der Waals surface area contributed by atoms with Crippen molar-refractivity contribution in [2.75, 3.05) is 13.1 Å². The Morgan fingerprint density at radius 3 is 1.13 bits per heavy atom. The Morgan fingerprint density at radius 1 is 0.547 bits per heavy atom. The molecule has 0 bridgehead atoms. The van der Waals surface area contributed by atoms with E-state index in [2.05, 4.69) is 4.74 Å². The maximum absolute atomic E-state index is 13.4. The summed E-state index contributed by atoms with van der Waals surface area (Å²) in [5.74, 6) is -10.5. The van der Waals surface area contributed by atoms with E-state index in [1.165, 1.54) is 37.8 Å². The molecule has 20 heteroatoms. The number of benzene rings is 1. The Bertz CT molecular complexity index is 2110. The SMILES string of the molecule is CC(=O)C[C@@H](CCCCN)C(=O)C(C)(C)C.CC(=O)C[C@H](CCCCN)C(=O)C(C)(C)C.CC(C)(C)C(=O)ON1C(=O)CCC1=O.CC(C)(C)N1C(=O)C=CC1=O.Cc1c(F)c(F)c(OC(=O)C(C)(C)C)c(F)c1F. The van der Waals surface area contributed by atoms with Crippen molar-refractivity contribution in [2.45, 2.75) is 194 Å². The molecule has 1 saturated heterocycles. The zero-order chi connectivity index (χ0) is 59.4. The van der Waals surface area contributed by atoms with Crippen molar-refractivity contribution < 1.29 is 75.1 Å². The minimum atomic E-state index is -1.72. The summed E-state index contributed by atoms with van der Waals surface area (Å²) in [6.07, 6.45) is 8.86. The highest BCUT2D eigenvalue weighted by molar-refractivity contribution is 6.13. The van der Waals surface area contributed by atoms with Crippen molar-refractivity contribution in [1.82, 2.24) is 9.96 Å². The van der Waals surface area contributed by atoms with Crippen molar-refractivity contribution in [3.63, 3.8) is 0 Å². The first-order valence-electron chi connectivity index (χ1n) is 25.1. The van der Waals surface area contributed by atoms with Gasteiger partial charge in [0.1, 0.15) is 23.1 Å². The predicted octanol–water partition coefficient (Wildman–Crippen LogP) is 9.50. The average Bonchev–Trinajstić information content (AvgIpc) is 3.79. The molecule has 426 valence electrons. The molecule has 2 aliphatic heterocycles. The van der Waals surface area contributed by atoms with Crippen molar-refractivity contribution >= 4 is 58.7 Å². The van der Waals surface area contributed by atoms with Crippen LogP contribution in [0.2, 0.25) is 0 Å². The third kappa shape index (κ3) is 25.7. The summed E-state index contributed by atoms with van der Waals surface area (Å²) in [4.78, 5) is 119. The molecule has 1 fully saturated rings. The second kappa shape index (κ2) is 30.9. The van der Waals surface area contributed by atoms with Gasteiger partial charge in [-0.05, 0) is 122 Å². The van der Waals surface area contributed by atoms with Gasteiger partial charge in [-0.1, -0.05) is 54.4 Å². The van der Waals surface area contributed by atoms with Crippen LogP contribution < -0.4 is 16.2 Å². The Kier molecular flexibility index (Phi) is 29.5. The van der Waals surface area contributed by atoms with Gasteiger partial charge in [0.25, 0.3) is 23.6 Å². The molecule has 0 spiro atoms. The van der Waals surface area contributed by atoms with E-state index in [1.54, 1.807) is 34.6 Å². The number of carbonyl (C=O) groups is 10. The van der Waals surface area contributed by atoms with Gasteiger partial charge in [0.2, 0.25) is 17.4 Å². The number of hydrogen-bond donors (Lipinski definition) is 2. The molecular formula is C55H86F4N4O12. The van der Waals surface area contributed by atoms with Gasteiger partial charge in [-0.2, -0.15) is 8.78 Å². The summed E-state index contributed by atoms with van der Waals surface area (Å²) in [6, 6.07) is 0. The highest BCUT2D eigenvalue weighted by Gasteiger charge is 2.37. The summed E-state index contributed by atoms with van der Waals surface area (Å²) in [5, 5.41) is 0.563. The minimum Gasteiger partial charge on any atom is -0.420 e. The highest BCUT2D eigenvalue weighted by Crippen LogP contribution is 2.32. The van der Waals surface area contributed by atoms with Crippen molar-refractivity contribution in [2.24, 2.45) is 45.0 Å². The number of hydrogen-bond acceptors (Lipinski definition) is 14. The van der Waals surface area contributed by atoms with E-state index < -0.39 is 74.7 Å². The molecule has 0 aliphatic carbocycles. The van der Waals surface area contributed by atoms with E-state index in [0.717, 1.165) is 45.4 Å². The van der Waals surface area contributed by atoms with Crippen LogP contribution >= 0.6 is 0 Å². The maximum atomic E-state index is 13.4. The molecule has 0 unspecified atom stereocenters. The van der Waals surface area contributed by atoms with Crippen molar-refractivity contribution in [3.8, 4) is 5.75 Å². The largest absolute Gasteiger partial charge is 0.420 e. The Labute approximate surface area is 441 Å². The van der Waals surface area contributed by atoms with Crippen LogP contribution in [0.3, 0.4) is 0 Å². The van der Waals surface area contributed by atoms with Crippen LogP contribution in [0.5, 0.6) is 5.75 Å². The van der Waals surface area contributed by atoms with Gasteiger partial charge in [0.05, 0.1) is 10.8 Å². The van der Waals surface area contributed by atoms with Crippen molar-refractivity contribution in [1.29, 1.82) is 0 Å². The number of halogens is 4. The number of nitrogens with two attached hydrogens (primary N) is 2. The maximum Gasteiger partial charge on any atom is 0.338 e. The van der Waals surface area contributed by atoms with E-state index in [9.17, 15) is 65.5 Å². The third-order valence-electron chi connectivity index (χ3n) is 10.8. The topological polar surface area (TPSA) is 248 Å². The quantitative estimate of drug-likeness (QED) is 0.0391. The lowest BCUT2D eigenvalue weighted by Gasteiger charge is -2.29. The van der Waals surface area contributed by atoms with E-state index in [4.69, 9.17) is 16.3 Å². The molecule has 16 nitrogen and oxygen atoms in total. The van der Waals surface area contributed by atoms with Gasteiger partial charge >= 0.3 is 11.9 Å². The molecule has 0 radical (unpaired) electrons. The number of nitrogens with zero attached hydrogens (tertiary/aromatic N) is 2. The zero-order valence-electron chi connectivity index (χ0n) is 47.8. The normalized spacial score (nSPS) is 14.5. The molecule has 4 amide bonds. The average molecular weight is 1070 g/mol. The predicted molar refractivity (Wildman–Crippen MR) is 276 cm³/mol. The van der Waals surface area contributed by atoms with E-state index in [1.807, 2.05) is 62.3 Å². The van der Waals surface area contributed by atoms with Gasteiger partial charge in [-0.15, -0.1) is 5.06 Å². The number of ketones is 4. The summed E-state index contributed by atoms with van der Waals surface area (Å²) in [6.45, 7) is 31.5. The number of amides is 4. The molecule has 1 aromatic carbocycles. The van der Waals surface area contributed by atoms with Crippen LogP contribution in [0.25, 0.3) is 0 Å². The van der Waals surface area contributed by atoms with Crippen LogP contribution in [-0.4, -0.2) is 87.3 Å². The number of ether oxygens (including phenoxy) is 1. The van der Waals surface area contributed by atoms with Gasteiger partial charge in [0, 0.05) is 71.6 Å². The highest BCUT2D eigenvalue weighted by atomic mass is 19.2. The molecule has 4 N–H and O–H groups in total. The molecule has 1 aromatic rings. The summed E-state index contributed by atoms with van der Waals surface area (Å²) in [7, 11) is 0. The fourth-order valence-electron chi connectivity index (χ4n) is 6.64. The number of hydroxylamine groups is 2. The van der Waals surface area contributed by atoms with Gasteiger partial charge < -0.3 is 30.6 Å². The molecule has 2 atom stereocenters. The Hall–Kier alpha value is -5.50. The number of esters is 1. The Balaban J connectivity index is 0. The number of Topliss-reactive ketones (excluding diaryl/α,β-unsaturated/α-hetero) is 4. The van der Waals surface area contributed by atoms with Crippen LogP contribution in [0, 0.1) is 63.7 Å². The first-order valence-corrected chi connectivity index (χ1v) is 25.1. The number of unbranched alkanes of at least 4 members (excludes halogenated alkanes) is 2. The van der Waals surface area contributed by atoms with E-state index in [-0.39, 0.29) is 70.5 Å².